The first kappa shape index (κ1) is 22.7. The molecule has 0 spiro atoms. The van der Waals surface area contributed by atoms with Crippen LogP contribution in [0.3, 0.4) is 0 Å². The maximum Gasteiger partial charge on any atom is 0.350 e. The summed E-state index contributed by atoms with van der Waals surface area (Å²) in [7, 11) is 0. The molecule has 4 rings (SSSR count). The molecule has 1 fully saturated rings. The Morgan fingerprint density at radius 3 is 2.52 bits per heavy atom. The summed E-state index contributed by atoms with van der Waals surface area (Å²) in [5.41, 5.74) is 8.19. The molecule has 8 nitrogen and oxygen atoms in total. The van der Waals surface area contributed by atoms with Gasteiger partial charge in [-0.2, -0.15) is 0 Å². The molecular formula is C21H23ClFN5O3. The fourth-order valence-electron chi connectivity index (χ4n) is 3.39. The Kier molecular flexibility index (Phi) is 7.21. The number of rotatable bonds is 5. The predicted octanol–water partition coefficient (Wildman–Crippen LogP) is 1.87. The van der Waals surface area contributed by atoms with Crippen LogP contribution in [0.4, 0.5) is 4.39 Å². The van der Waals surface area contributed by atoms with Crippen LogP contribution < -0.4 is 11.4 Å². The fourth-order valence-corrected chi connectivity index (χ4v) is 3.39. The van der Waals surface area contributed by atoms with Crippen molar-refractivity contribution in [3.63, 3.8) is 0 Å². The third-order valence-corrected chi connectivity index (χ3v) is 5.12. The van der Waals surface area contributed by atoms with Gasteiger partial charge in [-0.1, -0.05) is 12.1 Å². The minimum absolute atomic E-state index is 0. The number of hydrogen-bond donors (Lipinski definition) is 1. The molecule has 31 heavy (non-hydrogen) atoms. The molecule has 0 bridgehead atoms. The number of amides is 1. The van der Waals surface area contributed by atoms with E-state index in [2.05, 4.69) is 5.10 Å². The number of benzene rings is 1. The lowest BCUT2D eigenvalue weighted by Crippen LogP contribution is -2.40. The van der Waals surface area contributed by atoms with Gasteiger partial charge in [0.15, 0.2) is 5.65 Å². The molecule has 2 N–H and O–H groups in total. The lowest BCUT2D eigenvalue weighted by atomic mass is 10.0. The first-order valence-corrected chi connectivity index (χ1v) is 9.65. The molecule has 0 radical (unpaired) electrons. The molecule has 164 valence electrons. The molecule has 0 unspecified atom stereocenters. The molecule has 1 aromatic carbocycles. The summed E-state index contributed by atoms with van der Waals surface area (Å²) in [6, 6.07) is 10.9. The summed E-state index contributed by atoms with van der Waals surface area (Å²) in [5.74, 6) is -0.0118. The van der Waals surface area contributed by atoms with E-state index < -0.39 is 0 Å². The van der Waals surface area contributed by atoms with Crippen molar-refractivity contribution in [2.45, 2.75) is 6.54 Å². The summed E-state index contributed by atoms with van der Waals surface area (Å²) in [5, 5.41) is 4.27. The van der Waals surface area contributed by atoms with Gasteiger partial charge in [-0.25, -0.2) is 13.9 Å². The van der Waals surface area contributed by atoms with Gasteiger partial charge in [-0.3, -0.25) is 9.20 Å². The first-order valence-electron chi connectivity index (χ1n) is 9.65. The normalized spacial score (nSPS) is 14.5. The minimum Gasteiger partial charge on any atom is -0.378 e. The van der Waals surface area contributed by atoms with Crippen LogP contribution in [0.25, 0.3) is 16.8 Å². The number of morpholine rings is 1. The molecule has 2 aromatic heterocycles. The van der Waals surface area contributed by atoms with Gasteiger partial charge in [0, 0.05) is 31.4 Å². The van der Waals surface area contributed by atoms with E-state index in [1.54, 1.807) is 35.4 Å². The van der Waals surface area contributed by atoms with Gasteiger partial charge in [0.1, 0.15) is 0 Å². The molecule has 0 atom stereocenters. The van der Waals surface area contributed by atoms with Gasteiger partial charge in [0.2, 0.25) is 0 Å². The number of pyridine rings is 1. The zero-order chi connectivity index (χ0) is 21.1. The van der Waals surface area contributed by atoms with E-state index in [1.165, 1.54) is 9.08 Å². The summed E-state index contributed by atoms with van der Waals surface area (Å²) < 4.78 is 20.7. The lowest BCUT2D eigenvalue weighted by Gasteiger charge is -2.26. The Morgan fingerprint density at radius 1 is 1.16 bits per heavy atom. The molecule has 0 aliphatic carbocycles. The molecule has 3 heterocycles. The van der Waals surface area contributed by atoms with Crippen molar-refractivity contribution < 1.29 is 13.9 Å². The number of carbonyl (C=O) groups excluding carboxylic acids is 1. The van der Waals surface area contributed by atoms with Crippen molar-refractivity contribution in [2.24, 2.45) is 5.73 Å². The van der Waals surface area contributed by atoms with Crippen LogP contribution in [-0.2, 0) is 11.3 Å². The number of ether oxygens (including phenoxy) is 1. The van der Waals surface area contributed by atoms with E-state index >= 15 is 0 Å². The van der Waals surface area contributed by atoms with Gasteiger partial charge in [-0.15, -0.1) is 17.5 Å². The number of halogens is 2. The monoisotopic (exact) mass is 447 g/mol. The Bertz CT molecular complexity index is 1150. The lowest BCUT2D eigenvalue weighted by molar-refractivity contribution is 0.0303. The van der Waals surface area contributed by atoms with Crippen LogP contribution in [0.5, 0.6) is 0 Å². The van der Waals surface area contributed by atoms with Crippen LogP contribution >= 0.6 is 12.4 Å². The second-order valence-corrected chi connectivity index (χ2v) is 7.04. The highest BCUT2D eigenvalue weighted by molar-refractivity contribution is 5.94. The highest BCUT2D eigenvalue weighted by Gasteiger charge is 2.18. The smallest absolute Gasteiger partial charge is 0.350 e. The van der Waals surface area contributed by atoms with E-state index in [-0.39, 0.29) is 42.7 Å². The van der Waals surface area contributed by atoms with Gasteiger partial charge >= 0.3 is 5.69 Å². The molecule has 3 aromatic rings. The summed E-state index contributed by atoms with van der Waals surface area (Å²) in [4.78, 5) is 26.8. The van der Waals surface area contributed by atoms with Crippen molar-refractivity contribution in [1.29, 1.82) is 0 Å². The molecule has 0 saturated carbocycles. The van der Waals surface area contributed by atoms with Crippen LogP contribution in [-0.4, -0.2) is 57.8 Å². The first-order chi connectivity index (χ1) is 14.6. The molecule has 10 heteroatoms. The predicted molar refractivity (Wildman–Crippen MR) is 117 cm³/mol. The maximum absolute atomic E-state index is 12.8. The van der Waals surface area contributed by atoms with Crippen molar-refractivity contribution in [2.75, 3.05) is 32.8 Å². The highest BCUT2D eigenvalue weighted by atomic mass is 35.5. The van der Waals surface area contributed by atoms with E-state index in [9.17, 15) is 14.0 Å². The minimum atomic E-state index is -0.365. The van der Waals surface area contributed by atoms with Crippen molar-refractivity contribution in [3.05, 3.63) is 70.5 Å². The number of nitrogens with zero attached hydrogens (tertiary/aromatic N) is 4. The summed E-state index contributed by atoms with van der Waals surface area (Å²) in [6.07, 6.45) is 2.03. The fraction of sp³-hybridized carbons (Fsp3) is 0.286. The molecule has 1 saturated heterocycles. The SMILES string of the molecule is Cl.NC/C(=C\F)Cn1nc2cc(-c3ccc(C(=O)N4CCOCC4)cc3)ccn2c1=O. The standard InChI is InChI=1S/C21H22FN5O3.ClH/c22-12-15(13-23)14-27-21(29)26-6-5-18(11-19(26)24-27)16-1-3-17(4-2-16)20(28)25-7-9-30-10-8-25;/h1-6,11-12H,7-10,13-14,23H2;1H/b15-12+;. The van der Waals surface area contributed by atoms with Crippen LogP contribution in [0, 0.1) is 0 Å². The molecule has 1 aliphatic rings. The maximum atomic E-state index is 12.8. The largest absolute Gasteiger partial charge is 0.378 e. The quantitative estimate of drug-likeness (QED) is 0.644. The zero-order valence-electron chi connectivity index (χ0n) is 16.7. The van der Waals surface area contributed by atoms with Gasteiger partial charge in [0.25, 0.3) is 5.91 Å². The van der Waals surface area contributed by atoms with Crippen molar-refractivity contribution in [1.82, 2.24) is 19.1 Å². The summed E-state index contributed by atoms with van der Waals surface area (Å²) >= 11 is 0. The third-order valence-electron chi connectivity index (χ3n) is 5.12. The van der Waals surface area contributed by atoms with E-state index in [4.69, 9.17) is 10.5 Å². The molecule has 1 amide bonds. The topological polar surface area (TPSA) is 94.9 Å². The Labute approximate surface area is 184 Å². The number of aromatic nitrogens is 3. The van der Waals surface area contributed by atoms with Crippen molar-refractivity contribution >= 4 is 24.0 Å². The van der Waals surface area contributed by atoms with Crippen LogP contribution in [0.2, 0.25) is 0 Å². The second kappa shape index (κ2) is 9.86. The highest BCUT2D eigenvalue weighted by Crippen LogP contribution is 2.21. The molecular weight excluding hydrogens is 425 g/mol. The Balaban J connectivity index is 0.00000272. The summed E-state index contributed by atoms with van der Waals surface area (Å²) in [6.45, 7) is 2.32. The average Bonchev–Trinajstić information content (AvgIpc) is 3.12. The third kappa shape index (κ3) is 4.68. The number of carbonyl (C=O) groups is 1. The Morgan fingerprint density at radius 2 is 1.87 bits per heavy atom. The van der Waals surface area contributed by atoms with Gasteiger partial charge < -0.3 is 15.4 Å². The van der Waals surface area contributed by atoms with E-state index in [1.807, 2.05) is 12.1 Å². The van der Waals surface area contributed by atoms with Gasteiger partial charge in [0.05, 0.1) is 26.1 Å². The average molecular weight is 448 g/mol. The van der Waals surface area contributed by atoms with E-state index in [0.717, 1.165) is 11.1 Å². The zero-order valence-corrected chi connectivity index (χ0v) is 17.6. The Hall–Kier alpha value is -3.01. The second-order valence-electron chi connectivity index (χ2n) is 7.04. The molecule has 1 aliphatic heterocycles. The van der Waals surface area contributed by atoms with Crippen molar-refractivity contribution in [3.8, 4) is 11.1 Å². The van der Waals surface area contributed by atoms with Crippen LogP contribution in [0.1, 0.15) is 10.4 Å². The number of fused-ring (bicyclic) bond motifs is 1. The number of hydrogen-bond acceptors (Lipinski definition) is 5. The van der Waals surface area contributed by atoms with Crippen LogP contribution in [0.15, 0.2) is 59.3 Å². The number of nitrogens with two attached hydrogens (primary N) is 1. The van der Waals surface area contributed by atoms with E-state index in [0.29, 0.717) is 43.8 Å². The van der Waals surface area contributed by atoms with Gasteiger partial charge in [-0.05, 0) is 41.0 Å².